The summed E-state index contributed by atoms with van der Waals surface area (Å²) in [5.74, 6) is 0.369. The Hall–Kier alpha value is -1.13. The van der Waals surface area contributed by atoms with E-state index in [4.69, 9.17) is 4.74 Å². The van der Waals surface area contributed by atoms with Crippen LogP contribution in [-0.2, 0) is 4.74 Å². The molecule has 2 aromatic rings. The van der Waals surface area contributed by atoms with E-state index < -0.39 is 0 Å². The fourth-order valence-electron chi connectivity index (χ4n) is 3.20. The van der Waals surface area contributed by atoms with Gasteiger partial charge in [-0.2, -0.15) is 0 Å². The van der Waals surface area contributed by atoms with Gasteiger partial charge in [0.2, 0.25) is 0 Å². The standard InChI is InChI=1S/C16H18BrNO2/c1-8-9(2)20-10(3)15(8)16(19)13-7-18-14-6-11(17)4-5-12(13)14/h4-10,15,18H,1-3H3. The topological polar surface area (TPSA) is 42.1 Å². The van der Waals surface area contributed by atoms with E-state index in [1.54, 1.807) is 0 Å². The van der Waals surface area contributed by atoms with E-state index in [0.717, 1.165) is 20.9 Å². The van der Waals surface area contributed by atoms with Gasteiger partial charge in [0.15, 0.2) is 5.78 Å². The van der Waals surface area contributed by atoms with Crippen LogP contribution in [0.4, 0.5) is 0 Å². The summed E-state index contributed by atoms with van der Waals surface area (Å²) < 4.78 is 6.80. The molecule has 3 nitrogen and oxygen atoms in total. The van der Waals surface area contributed by atoms with Crippen LogP contribution in [0, 0.1) is 11.8 Å². The molecule has 1 fully saturated rings. The molecule has 1 N–H and O–H groups in total. The number of halogens is 1. The number of ketones is 1. The van der Waals surface area contributed by atoms with Gasteiger partial charge in [-0.05, 0) is 31.9 Å². The Labute approximate surface area is 126 Å². The molecule has 106 valence electrons. The first kappa shape index (κ1) is 13.8. The summed E-state index contributed by atoms with van der Waals surface area (Å²) in [6.45, 7) is 6.14. The molecule has 1 saturated heterocycles. The molecule has 4 unspecified atom stereocenters. The lowest BCUT2D eigenvalue weighted by Gasteiger charge is -2.16. The Balaban J connectivity index is 2.01. The maximum Gasteiger partial charge on any atom is 0.171 e. The van der Waals surface area contributed by atoms with Crippen LogP contribution < -0.4 is 0 Å². The summed E-state index contributed by atoms with van der Waals surface area (Å²) in [7, 11) is 0. The molecule has 3 rings (SSSR count). The number of carbonyl (C=O) groups is 1. The smallest absolute Gasteiger partial charge is 0.171 e. The lowest BCUT2D eigenvalue weighted by molar-refractivity contribution is 0.0491. The molecule has 0 amide bonds. The van der Waals surface area contributed by atoms with Crippen LogP contribution in [-0.4, -0.2) is 23.0 Å². The van der Waals surface area contributed by atoms with Crippen molar-refractivity contribution < 1.29 is 9.53 Å². The number of Topliss-reactive ketones (excluding diaryl/α,β-unsaturated/α-hetero) is 1. The number of ether oxygens (including phenoxy) is 1. The van der Waals surface area contributed by atoms with Gasteiger partial charge in [0, 0.05) is 27.1 Å². The molecule has 0 spiro atoms. The van der Waals surface area contributed by atoms with Crippen LogP contribution >= 0.6 is 15.9 Å². The van der Waals surface area contributed by atoms with Crippen LogP contribution in [0.5, 0.6) is 0 Å². The number of benzene rings is 1. The van der Waals surface area contributed by atoms with Crippen LogP contribution in [0.2, 0.25) is 0 Å². The predicted octanol–water partition coefficient (Wildman–Crippen LogP) is 4.17. The average molecular weight is 336 g/mol. The first-order valence-corrected chi connectivity index (χ1v) is 7.74. The van der Waals surface area contributed by atoms with Crippen LogP contribution in [0.25, 0.3) is 10.9 Å². The SMILES string of the molecule is CC1OC(C)C(C(=O)c2c[nH]c3cc(Br)ccc23)C1C. The van der Waals surface area contributed by atoms with Crippen molar-refractivity contribution >= 4 is 32.6 Å². The minimum atomic E-state index is -0.0624. The fourth-order valence-corrected chi connectivity index (χ4v) is 3.56. The van der Waals surface area contributed by atoms with Gasteiger partial charge in [-0.3, -0.25) is 4.79 Å². The van der Waals surface area contributed by atoms with Crippen molar-refractivity contribution in [2.24, 2.45) is 11.8 Å². The summed E-state index contributed by atoms with van der Waals surface area (Å²) in [5, 5.41) is 0.983. The van der Waals surface area contributed by atoms with E-state index in [1.165, 1.54) is 0 Å². The maximum atomic E-state index is 12.9. The number of hydrogen-bond donors (Lipinski definition) is 1. The molecular weight excluding hydrogens is 318 g/mol. The lowest BCUT2D eigenvalue weighted by atomic mass is 9.83. The van der Waals surface area contributed by atoms with Gasteiger partial charge in [-0.1, -0.05) is 28.9 Å². The van der Waals surface area contributed by atoms with Crippen LogP contribution in [0.3, 0.4) is 0 Å². The summed E-state index contributed by atoms with van der Waals surface area (Å²) >= 11 is 3.45. The lowest BCUT2D eigenvalue weighted by Crippen LogP contribution is -2.26. The zero-order chi connectivity index (χ0) is 14.4. The van der Waals surface area contributed by atoms with Gasteiger partial charge in [0.1, 0.15) is 0 Å². The highest BCUT2D eigenvalue weighted by Gasteiger charge is 2.42. The molecule has 0 saturated carbocycles. The quantitative estimate of drug-likeness (QED) is 0.836. The number of carbonyl (C=O) groups excluding carboxylic acids is 1. The van der Waals surface area contributed by atoms with Gasteiger partial charge >= 0.3 is 0 Å². The third-order valence-corrected chi connectivity index (χ3v) is 4.95. The zero-order valence-electron chi connectivity index (χ0n) is 11.8. The summed E-state index contributed by atoms with van der Waals surface area (Å²) in [5.41, 5.74) is 1.75. The molecule has 1 aliphatic heterocycles. The van der Waals surface area contributed by atoms with Gasteiger partial charge in [-0.15, -0.1) is 0 Å². The normalized spacial score (nSPS) is 30.0. The fraction of sp³-hybridized carbons (Fsp3) is 0.438. The monoisotopic (exact) mass is 335 g/mol. The highest BCUT2D eigenvalue weighted by atomic mass is 79.9. The highest BCUT2D eigenvalue weighted by Crippen LogP contribution is 2.36. The van der Waals surface area contributed by atoms with E-state index in [2.05, 4.69) is 27.8 Å². The number of rotatable bonds is 2. The van der Waals surface area contributed by atoms with Crippen molar-refractivity contribution in [3.05, 3.63) is 34.4 Å². The van der Waals surface area contributed by atoms with Crippen molar-refractivity contribution in [2.75, 3.05) is 0 Å². The average Bonchev–Trinajstić information content (AvgIpc) is 2.91. The molecule has 1 aliphatic rings. The number of hydrogen-bond acceptors (Lipinski definition) is 2. The predicted molar refractivity (Wildman–Crippen MR) is 83.0 cm³/mol. The zero-order valence-corrected chi connectivity index (χ0v) is 13.4. The molecule has 0 bridgehead atoms. The highest BCUT2D eigenvalue weighted by molar-refractivity contribution is 9.10. The summed E-state index contributed by atoms with van der Waals surface area (Å²) in [6.07, 6.45) is 1.94. The first-order valence-electron chi connectivity index (χ1n) is 6.95. The second-order valence-corrected chi connectivity index (χ2v) is 6.60. The Kier molecular flexibility index (Phi) is 3.46. The summed E-state index contributed by atoms with van der Waals surface area (Å²) in [4.78, 5) is 16.0. The molecule has 4 heteroatoms. The number of nitrogens with one attached hydrogen (secondary N) is 1. The largest absolute Gasteiger partial charge is 0.374 e. The number of aromatic nitrogens is 1. The van der Waals surface area contributed by atoms with E-state index in [-0.39, 0.29) is 29.8 Å². The van der Waals surface area contributed by atoms with Crippen molar-refractivity contribution in [2.45, 2.75) is 33.0 Å². The number of H-pyrrole nitrogens is 1. The Morgan fingerprint density at radius 2 is 2.00 bits per heavy atom. The molecule has 4 atom stereocenters. The van der Waals surface area contributed by atoms with Crippen molar-refractivity contribution in [1.29, 1.82) is 0 Å². The van der Waals surface area contributed by atoms with Crippen LogP contribution in [0.1, 0.15) is 31.1 Å². The molecule has 0 aliphatic carbocycles. The molecule has 1 aromatic heterocycles. The maximum absolute atomic E-state index is 12.9. The molecule has 2 heterocycles. The summed E-state index contributed by atoms with van der Waals surface area (Å²) in [6, 6.07) is 5.94. The molecule has 0 radical (unpaired) electrons. The van der Waals surface area contributed by atoms with Gasteiger partial charge in [0.05, 0.1) is 18.1 Å². The van der Waals surface area contributed by atoms with E-state index in [0.29, 0.717) is 0 Å². The van der Waals surface area contributed by atoms with Crippen LogP contribution in [0.15, 0.2) is 28.9 Å². The Morgan fingerprint density at radius 1 is 1.25 bits per heavy atom. The number of aromatic amines is 1. The third kappa shape index (κ3) is 2.11. The minimum absolute atomic E-state index is 0.0205. The van der Waals surface area contributed by atoms with Crippen molar-refractivity contribution in [1.82, 2.24) is 4.98 Å². The molecule has 1 aromatic carbocycles. The van der Waals surface area contributed by atoms with E-state index in [9.17, 15) is 4.79 Å². The first-order chi connectivity index (χ1) is 9.49. The molecule has 20 heavy (non-hydrogen) atoms. The van der Waals surface area contributed by atoms with Crippen molar-refractivity contribution in [3.8, 4) is 0 Å². The Bertz CT molecular complexity index is 664. The molecular formula is C16H18BrNO2. The Morgan fingerprint density at radius 3 is 2.65 bits per heavy atom. The van der Waals surface area contributed by atoms with Crippen molar-refractivity contribution in [3.63, 3.8) is 0 Å². The second-order valence-electron chi connectivity index (χ2n) is 5.69. The van der Waals surface area contributed by atoms with Gasteiger partial charge < -0.3 is 9.72 Å². The van der Waals surface area contributed by atoms with Gasteiger partial charge in [0.25, 0.3) is 0 Å². The third-order valence-electron chi connectivity index (χ3n) is 4.45. The van der Waals surface area contributed by atoms with E-state index >= 15 is 0 Å². The van der Waals surface area contributed by atoms with E-state index in [1.807, 2.05) is 38.2 Å². The van der Waals surface area contributed by atoms with Gasteiger partial charge in [-0.25, -0.2) is 0 Å². The second kappa shape index (κ2) is 5.01. The number of fused-ring (bicyclic) bond motifs is 1. The minimum Gasteiger partial charge on any atom is -0.374 e.